The molecule has 2 aliphatic rings. The third kappa shape index (κ3) is 4.75. The first kappa shape index (κ1) is 19.1. The third-order valence-electron chi connectivity index (χ3n) is 4.95. The molecule has 0 atom stereocenters. The average molecular weight is 361 g/mol. The van der Waals surface area contributed by atoms with Gasteiger partial charge in [0.1, 0.15) is 0 Å². The van der Waals surface area contributed by atoms with Gasteiger partial charge in [0, 0.05) is 26.2 Å². The molecule has 0 aromatic heterocycles. The number of carbonyl (C=O) groups is 1. The second-order valence-corrected chi connectivity index (χ2v) is 8.11. The Morgan fingerprint density at radius 3 is 2.27 bits per heavy atom. The molecule has 1 N–H and O–H groups in total. The van der Waals surface area contributed by atoms with E-state index in [2.05, 4.69) is 38.2 Å². The molecule has 0 spiro atoms. The zero-order valence-electron chi connectivity index (χ0n) is 16.2. The van der Waals surface area contributed by atoms with Crippen molar-refractivity contribution in [3.8, 4) is 0 Å². The Kier molecular flexibility index (Phi) is 5.85. The molecule has 26 heavy (non-hydrogen) atoms. The van der Waals surface area contributed by atoms with Gasteiger partial charge < -0.3 is 15.0 Å². The molecule has 2 aliphatic heterocycles. The van der Waals surface area contributed by atoms with Crippen LogP contribution < -0.4 is 5.32 Å². The van der Waals surface area contributed by atoms with Gasteiger partial charge in [0.15, 0.2) is 0 Å². The van der Waals surface area contributed by atoms with Crippen molar-refractivity contribution in [2.75, 3.05) is 39.4 Å². The highest BCUT2D eigenvalue weighted by atomic mass is 16.7. The van der Waals surface area contributed by atoms with Crippen LogP contribution in [0.3, 0.4) is 0 Å². The normalized spacial score (nSPS) is 21.4. The summed E-state index contributed by atoms with van der Waals surface area (Å²) < 4.78 is 5.37. The topological polar surface area (TPSA) is 54.0 Å². The maximum atomic E-state index is 12.9. The van der Waals surface area contributed by atoms with E-state index < -0.39 is 0 Å². The fraction of sp³-hybridized carbons (Fsp3) is 0.650. The lowest BCUT2D eigenvalue weighted by Crippen LogP contribution is -2.57. The predicted octanol–water partition coefficient (Wildman–Crippen LogP) is 2.75. The average Bonchev–Trinajstić information content (AvgIpc) is 2.64. The Morgan fingerprint density at radius 2 is 1.69 bits per heavy atom. The number of amides is 2. The van der Waals surface area contributed by atoms with E-state index in [1.54, 1.807) is 0 Å². The first-order chi connectivity index (χ1) is 12.4. The highest BCUT2D eigenvalue weighted by molar-refractivity contribution is 5.75. The number of nitrogens with zero attached hydrogens (tertiary/aromatic N) is 2. The van der Waals surface area contributed by atoms with E-state index in [9.17, 15) is 4.79 Å². The second-order valence-electron chi connectivity index (χ2n) is 8.11. The van der Waals surface area contributed by atoms with Crippen LogP contribution in [0.25, 0.3) is 0 Å². The lowest BCUT2D eigenvalue weighted by molar-refractivity contribution is -0.241. The molecule has 3 rings (SSSR count). The van der Waals surface area contributed by atoms with Crippen molar-refractivity contribution >= 4 is 6.03 Å². The molecule has 0 aliphatic carbocycles. The second kappa shape index (κ2) is 7.94. The predicted molar refractivity (Wildman–Crippen MR) is 101 cm³/mol. The summed E-state index contributed by atoms with van der Waals surface area (Å²) >= 11 is 0. The van der Waals surface area contributed by atoms with Crippen molar-refractivity contribution in [2.24, 2.45) is 0 Å². The Balaban J connectivity index is 1.73. The van der Waals surface area contributed by atoms with Crippen LogP contribution in [-0.4, -0.2) is 61.0 Å². The van der Waals surface area contributed by atoms with Gasteiger partial charge in [-0.25, -0.2) is 4.79 Å². The maximum Gasteiger partial charge on any atom is 0.318 e. The number of hydrogen-bond donors (Lipinski definition) is 1. The molecular formula is C20H31N3O3. The van der Waals surface area contributed by atoms with Crippen molar-refractivity contribution in [2.45, 2.75) is 44.8 Å². The maximum absolute atomic E-state index is 12.9. The van der Waals surface area contributed by atoms with Gasteiger partial charge >= 0.3 is 6.03 Å². The van der Waals surface area contributed by atoms with E-state index in [-0.39, 0.29) is 17.2 Å². The number of carbonyl (C=O) groups excluding carboxylic acids is 1. The highest BCUT2D eigenvalue weighted by Crippen LogP contribution is 2.34. The van der Waals surface area contributed by atoms with Gasteiger partial charge in [-0.15, -0.1) is 0 Å². The molecule has 144 valence electrons. The molecule has 0 unspecified atom stereocenters. The lowest BCUT2D eigenvalue weighted by Gasteiger charge is -2.44. The van der Waals surface area contributed by atoms with Gasteiger partial charge in [-0.3, -0.25) is 4.84 Å². The Labute approximate surface area is 156 Å². The van der Waals surface area contributed by atoms with E-state index in [1.165, 1.54) is 0 Å². The Hall–Kier alpha value is -1.63. The van der Waals surface area contributed by atoms with Crippen molar-refractivity contribution in [3.05, 3.63) is 35.9 Å². The molecule has 6 heteroatoms. The van der Waals surface area contributed by atoms with Gasteiger partial charge in [0.2, 0.25) is 0 Å². The van der Waals surface area contributed by atoms with Crippen LogP contribution >= 0.6 is 0 Å². The number of hydroxylamine groups is 2. The first-order valence-corrected chi connectivity index (χ1v) is 9.52. The quantitative estimate of drug-likeness (QED) is 0.899. The smallest absolute Gasteiger partial charge is 0.318 e. The van der Waals surface area contributed by atoms with Crippen LogP contribution in [-0.2, 0) is 15.1 Å². The lowest BCUT2D eigenvalue weighted by atomic mass is 9.81. The molecule has 2 fully saturated rings. The van der Waals surface area contributed by atoms with Crippen LogP contribution in [0.1, 0.15) is 39.2 Å². The molecule has 2 heterocycles. The van der Waals surface area contributed by atoms with Gasteiger partial charge in [-0.2, -0.15) is 5.06 Å². The summed E-state index contributed by atoms with van der Waals surface area (Å²) in [6.45, 7) is 10.3. The van der Waals surface area contributed by atoms with E-state index in [1.807, 2.05) is 28.2 Å². The molecule has 2 amide bonds. The van der Waals surface area contributed by atoms with Gasteiger partial charge in [0.25, 0.3) is 0 Å². The van der Waals surface area contributed by atoms with E-state index in [0.29, 0.717) is 26.3 Å². The summed E-state index contributed by atoms with van der Waals surface area (Å²) in [5.74, 6) is 0. The highest BCUT2D eigenvalue weighted by Gasteiger charge is 2.39. The van der Waals surface area contributed by atoms with Crippen molar-refractivity contribution < 1.29 is 14.4 Å². The van der Waals surface area contributed by atoms with E-state index in [0.717, 1.165) is 31.5 Å². The van der Waals surface area contributed by atoms with Crippen LogP contribution in [0, 0.1) is 0 Å². The van der Waals surface area contributed by atoms with Crippen molar-refractivity contribution in [3.63, 3.8) is 0 Å². The van der Waals surface area contributed by atoms with Crippen LogP contribution in [0.5, 0.6) is 0 Å². The molecule has 1 aromatic carbocycles. The third-order valence-corrected chi connectivity index (χ3v) is 4.95. The fourth-order valence-corrected chi connectivity index (χ4v) is 3.64. The number of hydrogen-bond acceptors (Lipinski definition) is 4. The van der Waals surface area contributed by atoms with Crippen molar-refractivity contribution in [1.29, 1.82) is 0 Å². The monoisotopic (exact) mass is 361 g/mol. The van der Waals surface area contributed by atoms with E-state index >= 15 is 0 Å². The fourth-order valence-electron chi connectivity index (χ4n) is 3.64. The Bertz CT molecular complexity index is 586. The summed E-state index contributed by atoms with van der Waals surface area (Å²) in [6.07, 6.45) is 1.65. The molecule has 0 bridgehead atoms. The standard InChI is InChI=1S/C20H31N3O3/c1-19(2,3)26-23-11-9-20(10-12-23,17-7-5-4-6-8-17)21-18(24)22-13-15-25-16-14-22/h4-8H,9-16H2,1-3H3,(H,21,24). The van der Waals surface area contributed by atoms with E-state index in [4.69, 9.17) is 9.57 Å². The van der Waals surface area contributed by atoms with Gasteiger partial charge in [0.05, 0.1) is 24.4 Å². The number of morpholine rings is 1. The summed E-state index contributed by atoms with van der Waals surface area (Å²) in [7, 11) is 0. The van der Waals surface area contributed by atoms with Crippen LogP contribution in [0.4, 0.5) is 4.79 Å². The zero-order chi connectivity index (χ0) is 18.6. The minimum atomic E-state index is -0.353. The number of rotatable bonds is 3. The summed E-state index contributed by atoms with van der Waals surface area (Å²) in [5.41, 5.74) is 0.607. The zero-order valence-corrected chi connectivity index (χ0v) is 16.2. The summed E-state index contributed by atoms with van der Waals surface area (Å²) in [4.78, 5) is 20.7. The molecule has 1 aromatic rings. The molecule has 2 saturated heterocycles. The number of benzene rings is 1. The minimum Gasteiger partial charge on any atom is -0.378 e. The largest absolute Gasteiger partial charge is 0.378 e. The number of urea groups is 1. The van der Waals surface area contributed by atoms with Crippen molar-refractivity contribution in [1.82, 2.24) is 15.3 Å². The van der Waals surface area contributed by atoms with Gasteiger partial charge in [-0.05, 0) is 39.2 Å². The summed E-state index contributed by atoms with van der Waals surface area (Å²) in [5, 5.41) is 5.38. The molecule has 6 nitrogen and oxygen atoms in total. The number of piperidine rings is 1. The van der Waals surface area contributed by atoms with Crippen LogP contribution in [0.15, 0.2) is 30.3 Å². The molecule has 0 saturated carbocycles. The number of ether oxygens (including phenoxy) is 1. The van der Waals surface area contributed by atoms with Gasteiger partial charge in [-0.1, -0.05) is 30.3 Å². The summed E-state index contributed by atoms with van der Waals surface area (Å²) in [6, 6.07) is 10.3. The molecule has 0 radical (unpaired) electrons. The molecular weight excluding hydrogens is 330 g/mol. The minimum absolute atomic E-state index is 0.00217. The Morgan fingerprint density at radius 1 is 1.08 bits per heavy atom. The SMILES string of the molecule is CC(C)(C)ON1CCC(NC(=O)N2CCOCC2)(c2ccccc2)CC1. The first-order valence-electron chi connectivity index (χ1n) is 9.52. The number of nitrogens with one attached hydrogen (secondary N) is 1. The van der Waals surface area contributed by atoms with Crippen LogP contribution in [0.2, 0.25) is 0 Å².